The van der Waals surface area contributed by atoms with E-state index in [0.717, 1.165) is 0 Å². The summed E-state index contributed by atoms with van der Waals surface area (Å²) in [5.74, 6) is 0.591. The molecule has 2 aliphatic rings. The molecule has 0 aliphatic carbocycles. The van der Waals surface area contributed by atoms with Crippen LogP contribution in [-0.4, -0.2) is 56.0 Å². The van der Waals surface area contributed by atoms with Crippen molar-refractivity contribution in [3.05, 3.63) is 24.3 Å². The number of methoxy groups -OCH3 is 1. The lowest BCUT2D eigenvalue weighted by atomic mass is 9.89. The molecule has 2 aliphatic heterocycles. The summed E-state index contributed by atoms with van der Waals surface area (Å²) in [6.45, 7) is 3.06. The van der Waals surface area contributed by atoms with Gasteiger partial charge in [0.15, 0.2) is 0 Å². The van der Waals surface area contributed by atoms with Crippen molar-refractivity contribution in [2.24, 2.45) is 0 Å². The van der Waals surface area contributed by atoms with Gasteiger partial charge in [0.25, 0.3) is 0 Å². The zero-order valence-electron chi connectivity index (χ0n) is 13.9. The van der Waals surface area contributed by atoms with Crippen molar-refractivity contribution >= 4 is 15.9 Å². The van der Waals surface area contributed by atoms with Gasteiger partial charge in [0.2, 0.25) is 15.9 Å². The van der Waals surface area contributed by atoms with Crippen LogP contribution in [-0.2, 0) is 19.7 Å². The molecule has 7 nitrogen and oxygen atoms in total. The number of hydrogen-bond donors (Lipinski definition) is 0. The van der Waals surface area contributed by atoms with E-state index in [0.29, 0.717) is 44.6 Å². The fourth-order valence-electron chi connectivity index (χ4n) is 3.22. The number of hydrogen-bond acceptors (Lipinski definition) is 5. The molecular formula is C16H22N2O5S. The van der Waals surface area contributed by atoms with Gasteiger partial charge in [0.1, 0.15) is 11.4 Å². The van der Waals surface area contributed by atoms with Crippen LogP contribution in [0.15, 0.2) is 29.2 Å². The van der Waals surface area contributed by atoms with Crippen molar-refractivity contribution in [1.29, 1.82) is 0 Å². The van der Waals surface area contributed by atoms with Crippen molar-refractivity contribution in [3.63, 3.8) is 0 Å². The van der Waals surface area contributed by atoms with Crippen molar-refractivity contribution in [2.45, 2.75) is 36.7 Å². The molecule has 24 heavy (non-hydrogen) atoms. The number of sulfonamides is 1. The molecule has 0 N–H and O–H groups in total. The fraction of sp³-hybridized carbons (Fsp3) is 0.562. The highest BCUT2D eigenvalue weighted by Gasteiger charge is 2.47. The topological polar surface area (TPSA) is 76.2 Å². The SMILES string of the molecule is CCN1OC2(CCN(S(=O)(=O)c3ccc(OC)cc3)CC2)CC1=O. The molecule has 0 atom stereocenters. The summed E-state index contributed by atoms with van der Waals surface area (Å²) in [5.41, 5.74) is -0.543. The average molecular weight is 354 g/mol. The van der Waals surface area contributed by atoms with Crippen molar-refractivity contribution in [2.75, 3.05) is 26.7 Å². The Morgan fingerprint density at radius 2 is 1.83 bits per heavy atom. The van der Waals surface area contributed by atoms with E-state index in [1.807, 2.05) is 6.92 Å². The van der Waals surface area contributed by atoms with Crippen LogP contribution in [0.3, 0.4) is 0 Å². The maximum absolute atomic E-state index is 12.7. The van der Waals surface area contributed by atoms with Crippen LogP contribution in [0.2, 0.25) is 0 Å². The summed E-state index contributed by atoms with van der Waals surface area (Å²) in [5, 5.41) is 1.38. The van der Waals surface area contributed by atoms with E-state index < -0.39 is 15.6 Å². The second-order valence-electron chi connectivity index (χ2n) is 6.12. The fourth-order valence-corrected chi connectivity index (χ4v) is 4.66. The first-order valence-corrected chi connectivity index (χ1v) is 9.48. The highest BCUT2D eigenvalue weighted by Crippen LogP contribution is 2.37. The average Bonchev–Trinajstić information content (AvgIpc) is 2.90. The molecule has 2 fully saturated rings. The number of hydroxylamine groups is 2. The molecule has 0 radical (unpaired) electrons. The van der Waals surface area contributed by atoms with Gasteiger partial charge in [-0.25, -0.2) is 13.5 Å². The largest absolute Gasteiger partial charge is 0.497 e. The first-order chi connectivity index (χ1) is 11.4. The molecule has 0 aromatic heterocycles. The van der Waals surface area contributed by atoms with E-state index in [1.54, 1.807) is 24.3 Å². The van der Waals surface area contributed by atoms with Gasteiger partial charge in [-0.3, -0.25) is 9.63 Å². The Labute approximate surface area is 142 Å². The standard InChI is InChI=1S/C16H22N2O5S/c1-3-18-15(19)12-16(23-18)8-10-17(11-9-16)24(20,21)14-6-4-13(22-2)5-7-14/h4-7H,3,8-12H2,1-2H3. The lowest BCUT2D eigenvalue weighted by molar-refractivity contribution is -0.206. The Morgan fingerprint density at radius 1 is 1.21 bits per heavy atom. The van der Waals surface area contributed by atoms with E-state index in [4.69, 9.17) is 9.57 Å². The summed E-state index contributed by atoms with van der Waals surface area (Å²) in [7, 11) is -2.00. The van der Waals surface area contributed by atoms with E-state index >= 15 is 0 Å². The molecule has 0 unspecified atom stereocenters. The predicted octanol–water partition coefficient (Wildman–Crippen LogP) is 1.40. The second-order valence-corrected chi connectivity index (χ2v) is 8.06. The normalized spacial score (nSPS) is 21.4. The zero-order valence-corrected chi connectivity index (χ0v) is 14.7. The van der Waals surface area contributed by atoms with Crippen molar-refractivity contribution in [3.8, 4) is 5.75 Å². The van der Waals surface area contributed by atoms with Crippen molar-refractivity contribution < 1.29 is 22.8 Å². The monoisotopic (exact) mass is 354 g/mol. The van der Waals surface area contributed by atoms with E-state index in [1.165, 1.54) is 16.5 Å². The molecule has 0 bridgehead atoms. The Hall–Kier alpha value is -1.64. The molecule has 2 saturated heterocycles. The maximum Gasteiger partial charge on any atom is 0.249 e. The minimum Gasteiger partial charge on any atom is -0.497 e. The predicted molar refractivity (Wildman–Crippen MR) is 86.8 cm³/mol. The maximum atomic E-state index is 12.7. The highest BCUT2D eigenvalue weighted by molar-refractivity contribution is 7.89. The van der Waals surface area contributed by atoms with E-state index in [2.05, 4.69) is 0 Å². The minimum atomic E-state index is -3.54. The molecule has 0 saturated carbocycles. The van der Waals surface area contributed by atoms with Gasteiger partial charge >= 0.3 is 0 Å². The number of benzene rings is 1. The summed E-state index contributed by atoms with van der Waals surface area (Å²) < 4.78 is 32.0. The van der Waals surface area contributed by atoms with E-state index in [9.17, 15) is 13.2 Å². The van der Waals surface area contributed by atoms with E-state index in [-0.39, 0.29) is 10.8 Å². The molecular weight excluding hydrogens is 332 g/mol. The van der Waals surface area contributed by atoms with Gasteiger partial charge in [-0.15, -0.1) is 0 Å². The molecule has 2 heterocycles. The molecule has 1 aromatic carbocycles. The third-order valence-corrected chi connectivity index (χ3v) is 6.59. The Kier molecular flexibility index (Phi) is 4.54. The van der Waals surface area contributed by atoms with Crippen LogP contribution < -0.4 is 4.74 Å². The van der Waals surface area contributed by atoms with Gasteiger partial charge in [0.05, 0.1) is 18.4 Å². The Balaban J connectivity index is 1.70. The van der Waals surface area contributed by atoms with Crippen LogP contribution >= 0.6 is 0 Å². The highest BCUT2D eigenvalue weighted by atomic mass is 32.2. The van der Waals surface area contributed by atoms with Gasteiger partial charge in [0, 0.05) is 19.6 Å². The second kappa shape index (κ2) is 6.34. The number of carbonyl (C=O) groups excluding carboxylic acids is 1. The van der Waals surface area contributed by atoms with Gasteiger partial charge < -0.3 is 4.74 Å². The van der Waals surface area contributed by atoms with Gasteiger partial charge in [-0.2, -0.15) is 4.31 Å². The van der Waals surface area contributed by atoms with Crippen molar-refractivity contribution in [1.82, 2.24) is 9.37 Å². The quantitative estimate of drug-likeness (QED) is 0.817. The zero-order chi connectivity index (χ0) is 17.4. The Bertz CT molecular complexity index is 708. The smallest absolute Gasteiger partial charge is 0.249 e. The lowest BCUT2D eigenvalue weighted by Gasteiger charge is -2.37. The first kappa shape index (κ1) is 17.2. The van der Waals surface area contributed by atoms with Gasteiger partial charge in [-0.05, 0) is 44.0 Å². The molecule has 3 rings (SSSR count). The number of amides is 1. The van der Waals surface area contributed by atoms with Gasteiger partial charge in [-0.1, -0.05) is 0 Å². The van der Waals surface area contributed by atoms with Crippen LogP contribution in [0.4, 0.5) is 0 Å². The number of rotatable bonds is 4. The Morgan fingerprint density at radius 3 is 2.33 bits per heavy atom. The molecule has 132 valence electrons. The summed E-state index contributed by atoms with van der Waals surface area (Å²) in [6.07, 6.45) is 1.37. The number of ether oxygens (including phenoxy) is 1. The summed E-state index contributed by atoms with van der Waals surface area (Å²) >= 11 is 0. The number of carbonyl (C=O) groups is 1. The minimum absolute atomic E-state index is 0.0241. The molecule has 1 spiro atoms. The van der Waals surface area contributed by atoms with Crippen LogP contribution in [0, 0.1) is 0 Å². The molecule has 1 amide bonds. The lowest BCUT2D eigenvalue weighted by Crippen LogP contribution is -2.47. The van der Waals surface area contributed by atoms with Crippen LogP contribution in [0.25, 0.3) is 0 Å². The molecule has 8 heteroatoms. The molecule has 1 aromatic rings. The summed E-state index contributed by atoms with van der Waals surface area (Å²) in [6, 6.07) is 6.37. The third kappa shape index (κ3) is 3.01. The summed E-state index contributed by atoms with van der Waals surface area (Å²) in [4.78, 5) is 17.9. The third-order valence-electron chi connectivity index (χ3n) is 4.67. The first-order valence-electron chi connectivity index (χ1n) is 8.04. The van der Waals surface area contributed by atoms with Crippen LogP contribution in [0.5, 0.6) is 5.75 Å². The number of piperidine rings is 1. The van der Waals surface area contributed by atoms with Crippen LogP contribution in [0.1, 0.15) is 26.2 Å². The number of nitrogens with zero attached hydrogens (tertiary/aromatic N) is 2.